The fourth-order valence-corrected chi connectivity index (χ4v) is 0.801. The van der Waals surface area contributed by atoms with Crippen molar-refractivity contribution in [2.24, 2.45) is 0 Å². The number of rotatable bonds is 0. The number of nitrogens with zero attached hydrogens (tertiary/aromatic N) is 2. The largest absolute Gasteiger partial charge is 0.433 e. The van der Waals surface area contributed by atoms with Crippen LogP contribution in [0.25, 0.3) is 0 Å². The minimum atomic E-state index is -5.09. The molecule has 84 valence electrons. The second kappa shape index (κ2) is 3.31. The Labute approximate surface area is 79.1 Å². The number of hydrogen-bond donors (Lipinski definition) is 0. The summed E-state index contributed by atoms with van der Waals surface area (Å²) in [5.74, 6) is 0. The van der Waals surface area contributed by atoms with Gasteiger partial charge < -0.3 is 0 Å². The molecule has 0 aromatic rings. The van der Waals surface area contributed by atoms with E-state index >= 15 is 0 Å². The van der Waals surface area contributed by atoms with E-state index in [1.807, 2.05) is 0 Å². The number of amides is 2. The van der Waals surface area contributed by atoms with Gasteiger partial charge in [0.05, 0.1) is 0 Å². The highest BCUT2D eigenvalue weighted by Crippen LogP contribution is 2.31. The molecule has 15 heavy (non-hydrogen) atoms. The average Bonchev–Trinajstić information content (AvgIpc) is 1.99. The molecule has 0 fully saturated rings. The minimum Gasteiger partial charge on any atom is -0.244 e. The summed E-state index contributed by atoms with van der Waals surface area (Å²) in [4.78, 5) is 10.4. The topological polar surface area (TPSA) is 45.3 Å². The molecule has 2 radical (unpaired) electrons. The normalized spacial score (nSPS) is 22.9. The van der Waals surface area contributed by atoms with Gasteiger partial charge in [-0.1, -0.05) is 0 Å². The average molecular weight is 232 g/mol. The summed E-state index contributed by atoms with van der Waals surface area (Å²) in [6, 6.07) is -4.56. The molecule has 1 heterocycles. The van der Waals surface area contributed by atoms with Crippen molar-refractivity contribution in [2.45, 2.75) is 18.4 Å². The Balaban J connectivity index is 2.99. The van der Waals surface area contributed by atoms with E-state index in [2.05, 4.69) is 10.6 Å². The third kappa shape index (κ3) is 2.77. The molecule has 0 N–H and O–H groups in total. The van der Waals surface area contributed by atoms with Crippen molar-refractivity contribution in [3.63, 3.8) is 0 Å². The molecule has 9 heteroatoms. The van der Waals surface area contributed by atoms with Crippen LogP contribution >= 0.6 is 0 Å². The Morgan fingerprint density at radius 2 is 1.67 bits per heavy atom. The lowest BCUT2D eigenvalue weighted by molar-refractivity contribution is -0.146. The van der Waals surface area contributed by atoms with Crippen LogP contribution in [0.15, 0.2) is 11.8 Å². The maximum atomic E-state index is 12.0. The highest BCUT2D eigenvalue weighted by atomic mass is 19.4. The first-order valence-electron chi connectivity index (χ1n) is 3.43. The summed E-state index contributed by atoms with van der Waals surface area (Å²) >= 11 is 0. The molecule has 0 aromatic carbocycles. The van der Waals surface area contributed by atoms with E-state index < -0.39 is 30.1 Å². The van der Waals surface area contributed by atoms with Crippen LogP contribution < -0.4 is 10.6 Å². The van der Waals surface area contributed by atoms with Crippen molar-refractivity contribution in [1.82, 2.24) is 10.6 Å². The van der Waals surface area contributed by atoms with E-state index in [1.54, 1.807) is 0 Å². The highest BCUT2D eigenvalue weighted by molar-refractivity contribution is 5.77. The zero-order valence-electron chi connectivity index (χ0n) is 6.73. The molecule has 0 spiro atoms. The first kappa shape index (κ1) is 11.7. The maximum Gasteiger partial charge on any atom is 0.433 e. The van der Waals surface area contributed by atoms with E-state index in [1.165, 1.54) is 0 Å². The summed E-state index contributed by atoms with van der Waals surface area (Å²) in [6.07, 6.45) is -10.3. The lowest BCUT2D eigenvalue weighted by Gasteiger charge is -2.22. The zero-order valence-corrected chi connectivity index (χ0v) is 6.73. The second-order valence-electron chi connectivity index (χ2n) is 2.56. The Kier molecular flexibility index (Phi) is 2.58. The van der Waals surface area contributed by atoms with Gasteiger partial charge in [-0.05, 0) is 6.08 Å². The highest BCUT2D eigenvalue weighted by Gasteiger charge is 2.48. The van der Waals surface area contributed by atoms with Gasteiger partial charge in [0.1, 0.15) is 5.70 Å². The number of carbonyl (C=O) groups is 1. The monoisotopic (exact) mass is 232 g/mol. The summed E-state index contributed by atoms with van der Waals surface area (Å²) in [5, 5.41) is 4.76. The number of urea groups is 1. The van der Waals surface area contributed by atoms with Gasteiger partial charge in [0.2, 0.25) is 0 Å². The lowest BCUT2D eigenvalue weighted by Crippen LogP contribution is -2.47. The van der Waals surface area contributed by atoms with Gasteiger partial charge in [-0.2, -0.15) is 31.7 Å². The van der Waals surface area contributed by atoms with Crippen LogP contribution in [0.2, 0.25) is 0 Å². The molecular weight excluding hydrogens is 230 g/mol. The van der Waals surface area contributed by atoms with Gasteiger partial charge in [-0.3, -0.25) is 0 Å². The van der Waals surface area contributed by atoms with Gasteiger partial charge in [0.25, 0.3) is 0 Å². The van der Waals surface area contributed by atoms with E-state index in [9.17, 15) is 31.1 Å². The molecule has 1 rings (SSSR count). The van der Waals surface area contributed by atoms with Gasteiger partial charge in [0.15, 0.2) is 6.04 Å². The molecule has 1 atom stereocenters. The molecule has 1 unspecified atom stereocenters. The van der Waals surface area contributed by atoms with Crippen molar-refractivity contribution in [2.75, 3.05) is 0 Å². The van der Waals surface area contributed by atoms with Crippen LogP contribution in [-0.4, -0.2) is 24.4 Å². The van der Waals surface area contributed by atoms with Gasteiger partial charge in [-0.25, -0.2) is 10.1 Å². The lowest BCUT2D eigenvalue weighted by atomic mass is 10.2. The molecule has 1 aliphatic rings. The van der Waals surface area contributed by atoms with E-state index in [0.29, 0.717) is 0 Å². The Bertz CT molecular complexity index is 304. The smallest absolute Gasteiger partial charge is 0.244 e. The number of hydrogen-bond acceptors (Lipinski definition) is 1. The third-order valence-electron chi connectivity index (χ3n) is 1.41. The predicted octanol–water partition coefficient (Wildman–Crippen LogP) is 1.71. The molecule has 0 saturated heterocycles. The molecule has 2 amide bonds. The number of halogens is 6. The Hall–Kier alpha value is -1.41. The zero-order chi connectivity index (χ0) is 11.9. The van der Waals surface area contributed by atoms with Crippen LogP contribution in [0.5, 0.6) is 0 Å². The molecule has 0 aliphatic carbocycles. The maximum absolute atomic E-state index is 12.0. The Morgan fingerprint density at radius 1 is 1.13 bits per heavy atom. The number of carbonyl (C=O) groups excluding carboxylic acids is 1. The van der Waals surface area contributed by atoms with Crippen molar-refractivity contribution in [1.29, 1.82) is 0 Å². The molecule has 3 nitrogen and oxygen atoms in total. The quantitative estimate of drug-likeness (QED) is 0.586. The molecule has 0 aromatic heterocycles. The van der Waals surface area contributed by atoms with Gasteiger partial charge >= 0.3 is 18.4 Å². The summed E-state index contributed by atoms with van der Waals surface area (Å²) in [5.41, 5.74) is -1.87. The fourth-order valence-electron chi connectivity index (χ4n) is 0.801. The number of alkyl halides is 6. The third-order valence-corrected chi connectivity index (χ3v) is 1.41. The molecule has 1 aliphatic heterocycles. The summed E-state index contributed by atoms with van der Waals surface area (Å²) in [6.45, 7) is 0. The fraction of sp³-hybridized carbons (Fsp3) is 0.500. The first-order chi connectivity index (χ1) is 6.60. The second-order valence-corrected chi connectivity index (χ2v) is 2.56. The Morgan fingerprint density at radius 3 is 2.07 bits per heavy atom. The van der Waals surface area contributed by atoms with Crippen molar-refractivity contribution < 1.29 is 31.1 Å². The van der Waals surface area contributed by atoms with Gasteiger partial charge in [-0.15, -0.1) is 0 Å². The van der Waals surface area contributed by atoms with Crippen LogP contribution in [0, 0.1) is 0 Å². The summed E-state index contributed by atoms with van der Waals surface area (Å²) < 4.78 is 71.8. The van der Waals surface area contributed by atoms with E-state index in [0.717, 1.165) is 0 Å². The van der Waals surface area contributed by atoms with Gasteiger partial charge in [0, 0.05) is 0 Å². The standard InChI is InChI=1S/C6H2F6N2O/c7-5(8,9)2-1-3(6(10,11)12)14-4(15)13-2/h1-2H. The van der Waals surface area contributed by atoms with Crippen molar-refractivity contribution in [3.05, 3.63) is 11.8 Å². The summed E-state index contributed by atoms with van der Waals surface area (Å²) in [7, 11) is 0. The predicted molar refractivity (Wildman–Crippen MR) is 33.6 cm³/mol. The molecular formula is C6H2F6N2O. The molecule has 0 saturated carbocycles. The molecule has 0 bridgehead atoms. The SMILES string of the molecule is O=C1[N]C(C(F)(F)F)=CC(C(F)(F)F)[N]1. The van der Waals surface area contributed by atoms with E-state index in [4.69, 9.17) is 0 Å². The van der Waals surface area contributed by atoms with E-state index in [-0.39, 0.29) is 6.08 Å². The van der Waals surface area contributed by atoms with Crippen molar-refractivity contribution >= 4 is 6.03 Å². The van der Waals surface area contributed by atoms with Crippen LogP contribution in [-0.2, 0) is 0 Å². The number of allylic oxidation sites excluding steroid dienone is 1. The van der Waals surface area contributed by atoms with Crippen LogP contribution in [0.3, 0.4) is 0 Å². The first-order valence-corrected chi connectivity index (χ1v) is 3.43. The van der Waals surface area contributed by atoms with Crippen molar-refractivity contribution in [3.8, 4) is 0 Å². The minimum absolute atomic E-state index is 0.235. The van der Waals surface area contributed by atoms with Crippen LogP contribution in [0.4, 0.5) is 31.1 Å². The van der Waals surface area contributed by atoms with Crippen LogP contribution in [0.1, 0.15) is 0 Å².